The third-order valence-corrected chi connectivity index (χ3v) is 7.17. The molecule has 4 aromatic rings. The van der Waals surface area contributed by atoms with Crippen LogP contribution in [0.4, 0.5) is 5.82 Å². The minimum absolute atomic E-state index is 0.0887. The second-order valence-corrected chi connectivity index (χ2v) is 10.6. The van der Waals surface area contributed by atoms with Gasteiger partial charge in [0.1, 0.15) is 23.1 Å². The van der Waals surface area contributed by atoms with Crippen LogP contribution in [0.1, 0.15) is 39.3 Å². The summed E-state index contributed by atoms with van der Waals surface area (Å²) in [6.45, 7) is 6.66. The molecular weight excluding hydrogens is 516 g/mol. The van der Waals surface area contributed by atoms with Crippen LogP contribution >= 0.6 is 0 Å². The number of hydrogen-bond donors (Lipinski definition) is 2. The number of aromatic amines is 1. The van der Waals surface area contributed by atoms with Crippen molar-refractivity contribution in [3.8, 4) is 28.8 Å². The van der Waals surface area contributed by atoms with Gasteiger partial charge in [-0.3, -0.25) is 14.9 Å². The summed E-state index contributed by atoms with van der Waals surface area (Å²) in [6, 6.07) is 21.2. The van der Waals surface area contributed by atoms with E-state index in [9.17, 15) is 10.1 Å². The number of amides is 1. The Hall–Kier alpha value is -4.68. The number of ether oxygens (including phenoxy) is 2. The Bertz CT molecular complexity index is 1600. The molecule has 1 aliphatic heterocycles. The quantitative estimate of drug-likeness (QED) is 0.199. The van der Waals surface area contributed by atoms with Gasteiger partial charge in [-0.2, -0.15) is 10.4 Å². The number of para-hydroxylation sites is 1. The van der Waals surface area contributed by atoms with Gasteiger partial charge in [-0.25, -0.2) is 0 Å². The lowest BCUT2D eigenvalue weighted by atomic mass is 10.0. The zero-order chi connectivity index (χ0) is 29.0. The summed E-state index contributed by atoms with van der Waals surface area (Å²) in [5.74, 6) is 1.57. The Kier molecular flexibility index (Phi) is 8.04. The maximum Gasteiger partial charge on any atom is 0.264 e. The third-order valence-electron chi connectivity index (χ3n) is 7.17. The summed E-state index contributed by atoms with van der Waals surface area (Å²) in [6.07, 6.45) is 3.84. The third kappa shape index (κ3) is 6.23. The first-order valence-corrected chi connectivity index (χ1v) is 13.8. The molecule has 2 aromatic carbocycles. The molecule has 1 amide bonds. The molecule has 5 rings (SSSR count). The molecule has 9 heteroatoms. The Labute approximate surface area is 239 Å². The van der Waals surface area contributed by atoms with Gasteiger partial charge in [-0.15, -0.1) is 0 Å². The summed E-state index contributed by atoms with van der Waals surface area (Å²) in [5, 5.41) is 17.8. The fourth-order valence-electron chi connectivity index (χ4n) is 5.36. The van der Waals surface area contributed by atoms with Crippen LogP contribution in [-0.2, 0) is 16.0 Å². The van der Waals surface area contributed by atoms with Crippen molar-refractivity contribution in [3.63, 3.8) is 0 Å². The molecule has 3 heterocycles. The lowest BCUT2D eigenvalue weighted by Crippen LogP contribution is -2.38. The van der Waals surface area contributed by atoms with Crippen LogP contribution in [0.2, 0.25) is 0 Å². The number of H-pyrrole nitrogens is 1. The first-order chi connectivity index (χ1) is 19.8. The Morgan fingerprint density at radius 2 is 1.93 bits per heavy atom. The van der Waals surface area contributed by atoms with Gasteiger partial charge < -0.3 is 20.1 Å². The van der Waals surface area contributed by atoms with Crippen molar-refractivity contribution < 1.29 is 14.3 Å². The van der Waals surface area contributed by atoms with Crippen molar-refractivity contribution in [2.75, 3.05) is 18.9 Å². The number of benzene rings is 2. The monoisotopic (exact) mass is 550 g/mol. The van der Waals surface area contributed by atoms with E-state index in [0.29, 0.717) is 36.8 Å². The van der Waals surface area contributed by atoms with Gasteiger partial charge in [0.15, 0.2) is 5.82 Å². The van der Waals surface area contributed by atoms with E-state index >= 15 is 0 Å². The van der Waals surface area contributed by atoms with Crippen LogP contribution in [0.15, 0.2) is 72.3 Å². The number of pyridine rings is 1. The van der Waals surface area contributed by atoms with E-state index in [-0.39, 0.29) is 17.5 Å². The number of nitrogen functional groups attached to an aromatic ring is 1. The summed E-state index contributed by atoms with van der Waals surface area (Å²) in [5.41, 5.74) is 8.79. The lowest BCUT2D eigenvalue weighted by Gasteiger charge is -2.26. The standard InChI is InChI=1S/C32H34N6O3/c1-4-40-32(2,3)19-22(20-33)31(39)38-16-8-9-24(38)17-23-18-27-28(30(34)37-36-27)29(35-23)21-12-14-26(15-13-21)41-25-10-6-5-7-11-25/h5-7,10-15,18-19,24H,4,8-9,16-17H2,1-3H3,(H3,34,36,37)/b22-19-/t24-/m0/s1. The van der Waals surface area contributed by atoms with E-state index in [0.717, 1.165) is 40.8 Å². The Morgan fingerprint density at radius 1 is 1.20 bits per heavy atom. The summed E-state index contributed by atoms with van der Waals surface area (Å²) in [4.78, 5) is 20.2. The predicted molar refractivity (Wildman–Crippen MR) is 158 cm³/mol. The molecule has 0 saturated carbocycles. The molecule has 0 bridgehead atoms. The number of nitrogens with two attached hydrogens (primary N) is 1. The van der Waals surface area contributed by atoms with Crippen molar-refractivity contribution in [2.24, 2.45) is 0 Å². The molecule has 9 nitrogen and oxygen atoms in total. The number of hydrogen-bond acceptors (Lipinski definition) is 7. The number of fused-ring (bicyclic) bond motifs is 1. The van der Waals surface area contributed by atoms with Crippen LogP contribution in [-0.4, -0.2) is 50.8 Å². The number of rotatable bonds is 9. The molecule has 1 aliphatic rings. The van der Waals surface area contributed by atoms with Crippen LogP contribution < -0.4 is 10.5 Å². The molecule has 0 spiro atoms. The molecule has 41 heavy (non-hydrogen) atoms. The number of carbonyl (C=O) groups excluding carboxylic acids is 1. The summed E-state index contributed by atoms with van der Waals surface area (Å²) >= 11 is 0. The summed E-state index contributed by atoms with van der Waals surface area (Å²) in [7, 11) is 0. The number of nitrogens with zero attached hydrogens (tertiary/aromatic N) is 4. The van der Waals surface area contributed by atoms with Crippen molar-refractivity contribution >= 4 is 22.6 Å². The molecule has 0 unspecified atom stereocenters. The lowest BCUT2D eigenvalue weighted by molar-refractivity contribution is -0.127. The predicted octanol–water partition coefficient (Wildman–Crippen LogP) is 5.80. The molecule has 210 valence electrons. The molecular formula is C32H34N6O3. The number of nitriles is 1. The van der Waals surface area contributed by atoms with Crippen molar-refractivity contribution in [1.29, 1.82) is 5.26 Å². The van der Waals surface area contributed by atoms with E-state index < -0.39 is 5.60 Å². The molecule has 1 saturated heterocycles. The normalized spacial score (nSPS) is 15.7. The van der Waals surface area contributed by atoms with Crippen molar-refractivity contribution in [2.45, 2.75) is 51.7 Å². The number of anilines is 1. The SMILES string of the molecule is CCOC(C)(C)/C=C(/C#N)C(=O)N1CCC[C@H]1Cc1cc2[nH]nc(N)c2c(-c2ccc(Oc3ccccc3)cc2)n1. The van der Waals surface area contributed by atoms with E-state index in [1.165, 1.54) is 0 Å². The van der Waals surface area contributed by atoms with Crippen LogP contribution in [0, 0.1) is 11.3 Å². The highest BCUT2D eigenvalue weighted by Crippen LogP contribution is 2.33. The molecule has 0 radical (unpaired) electrons. The van der Waals surface area contributed by atoms with Gasteiger partial charge >= 0.3 is 0 Å². The highest BCUT2D eigenvalue weighted by Gasteiger charge is 2.32. The largest absolute Gasteiger partial charge is 0.457 e. The molecule has 3 N–H and O–H groups in total. The maximum absolute atomic E-state index is 13.4. The van der Waals surface area contributed by atoms with E-state index in [4.69, 9.17) is 20.2 Å². The zero-order valence-electron chi connectivity index (χ0n) is 23.6. The maximum atomic E-state index is 13.4. The minimum Gasteiger partial charge on any atom is -0.457 e. The highest BCUT2D eigenvalue weighted by molar-refractivity contribution is 6.00. The summed E-state index contributed by atoms with van der Waals surface area (Å²) < 4.78 is 11.6. The van der Waals surface area contributed by atoms with E-state index in [1.54, 1.807) is 11.0 Å². The van der Waals surface area contributed by atoms with E-state index in [2.05, 4.69) is 16.3 Å². The Morgan fingerprint density at radius 3 is 2.63 bits per heavy atom. The number of aromatic nitrogens is 3. The minimum atomic E-state index is -0.714. The van der Waals surface area contributed by atoms with E-state index in [1.807, 2.05) is 81.4 Å². The smallest absolute Gasteiger partial charge is 0.264 e. The number of carbonyl (C=O) groups is 1. The van der Waals surface area contributed by atoms with Gasteiger partial charge in [-0.1, -0.05) is 18.2 Å². The topological polar surface area (TPSA) is 130 Å². The fourth-order valence-corrected chi connectivity index (χ4v) is 5.36. The first-order valence-electron chi connectivity index (χ1n) is 13.8. The molecule has 1 atom stereocenters. The van der Waals surface area contributed by atoms with Crippen LogP contribution in [0.25, 0.3) is 22.2 Å². The van der Waals surface area contributed by atoms with Gasteiger partial charge in [0.05, 0.1) is 22.2 Å². The van der Waals surface area contributed by atoms with Crippen LogP contribution in [0.5, 0.6) is 11.5 Å². The Balaban J connectivity index is 1.41. The first kappa shape index (κ1) is 27.9. The molecule has 2 aromatic heterocycles. The van der Waals surface area contributed by atoms with Crippen LogP contribution in [0.3, 0.4) is 0 Å². The number of nitrogens with one attached hydrogen (secondary N) is 1. The van der Waals surface area contributed by atoms with Crippen molar-refractivity contribution in [1.82, 2.24) is 20.1 Å². The van der Waals surface area contributed by atoms with Gasteiger partial charge in [-0.05, 0) is 82.2 Å². The van der Waals surface area contributed by atoms with Gasteiger partial charge in [0.2, 0.25) is 0 Å². The average molecular weight is 551 g/mol. The second-order valence-electron chi connectivity index (χ2n) is 10.6. The average Bonchev–Trinajstić information content (AvgIpc) is 3.58. The number of likely N-dealkylation sites (tertiary alicyclic amines) is 1. The molecule has 0 aliphatic carbocycles. The van der Waals surface area contributed by atoms with Gasteiger partial charge in [0.25, 0.3) is 5.91 Å². The highest BCUT2D eigenvalue weighted by atomic mass is 16.5. The second kappa shape index (κ2) is 11.8. The van der Waals surface area contributed by atoms with Gasteiger partial charge in [0, 0.05) is 36.9 Å². The molecule has 1 fully saturated rings. The van der Waals surface area contributed by atoms with Crippen molar-refractivity contribution in [3.05, 3.63) is 78.0 Å². The fraction of sp³-hybridized carbons (Fsp3) is 0.312. The zero-order valence-corrected chi connectivity index (χ0v) is 23.6.